The summed E-state index contributed by atoms with van der Waals surface area (Å²) in [5.41, 5.74) is 1.77. The van der Waals surface area contributed by atoms with Gasteiger partial charge in [-0.2, -0.15) is 0 Å². The predicted molar refractivity (Wildman–Crippen MR) is 65.7 cm³/mol. The lowest BCUT2D eigenvalue weighted by atomic mass is 10.2. The monoisotopic (exact) mass is 244 g/mol. The number of alkyl halides is 1. The number of hydrogen-bond donors (Lipinski definition) is 0. The van der Waals surface area contributed by atoms with Gasteiger partial charge in [0.25, 0.3) is 0 Å². The molecule has 4 nitrogen and oxygen atoms in total. The molecule has 0 saturated heterocycles. The quantitative estimate of drug-likeness (QED) is 0.651. The second-order valence-corrected chi connectivity index (χ2v) is 3.84. The first-order valence-corrected chi connectivity index (χ1v) is 5.73. The minimum absolute atomic E-state index is 0.309. The molecule has 84 valence electrons. The molecule has 0 amide bonds. The van der Waals surface area contributed by atoms with E-state index in [9.17, 15) is 0 Å². The Labute approximate surface area is 103 Å². The summed E-state index contributed by atoms with van der Waals surface area (Å²) in [7, 11) is 0. The van der Waals surface area contributed by atoms with Crippen molar-refractivity contribution in [3.8, 4) is 22.9 Å². The van der Waals surface area contributed by atoms with Crippen LogP contribution in [-0.2, 0) is 6.00 Å². The third kappa shape index (κ3) is 1.87. The Morgan fingerprint density at radius 1 is 1.00 bits per heavy atom. The van der Waals surface area contributed by atoms with Gasteiger partial charge in [0.15, 0.2) is 11.6 Å². The van der Waals surface area contributed by atoms with Crippen molar-refractivity contribution < 1.29 is 0 Å². The third-order valence-corrected chi connectivity index (χ3v) is 2.69. The van der Waals surface area contributed by atoms with Crippen LogP contribution >= 0.6 is 11.6 Å². The molecule has 3 rings (SSSR count). The molecule has 0 spiro atoms. The minimum atomic E-state index is 0.309. The Bertz CT molecular complexity index is 605. The zero-order valence-corrected chi connectivity index (χ0v) is 9.67. The number of nitrogens with zero attached hydrogens (tertiary/aromatic N) is 4. The van der Waals surface area contributed by atoms with E-state index in [1.807, 2.05) is 36.4 Å². The molecule has 2 heterocycles. The van der Waals surface area contributed by atoms with Crippen molar-refractivity contribution in [3.05, 3.63) is 42.6 Å². The Morgan fingerprint density at radius 2 is 1.82 bits per heavy atom. The fourth-order valence-corrected chi connectivity index (χ4v) is 1.76. The van der Waals surface area contributed by atoms with E-state index < -0.39 is 0 Å². The van der Waals surface area contributed by atoms with Crippen LogP contribution in [0.5, 0.6) is 0 Å². The Balaban J connectivity index is 2.12. The molecule has 0 bridgehead atoms. The molecule has 2 aliphatic rings. The van der Waals surface area contributed by atoms with Crippen LogP contribution in [0, 0.1) is 0 Å². The first-order chi connectivity index (χ1) is 8.36. The highest BCUT2D eigenvalue weighted by Gasteiger charge is 2.13. The van der Waals surface area contributed by atoms with Crippen LogP contribution < -0.4 is 0 Å². The van der Waals surface area contributed by atoms with Crippen LogP contribution in [0.15, 0.2) is 42.6 Å². The fraction of sp³-hybridized carbons (Fsp3) is 0.0833. The molecule has 0 unspecified atom stereocenters. The van der Waals surface area contributed by atoms with Gasteiger partial charge in [-0.15, -0.1) is 16.7 Å². The maximum atomic E-state index is 5.70. The molecule has 0 aromatic heterocycles. The normalized spacial score (nSPS) is 10.9. The Kier molecular flexibility index (Phi) is 2.49. The second kappa shape index (κ2) is 4.14. The molecule has 0 radical (unpaired) electrons. The second-order valence-electron chi connectivity index (χ2n) is 3.60. The molecule has 1 aromatic carbocycles. The van der Waals surface area contributed by atoms with E-state index in [-0.39, 0.29) is 0 Å². The van der Waals surface area contributed by atoms with Crippen molar-refractivity contribution in [3.63, 3.8) is 0 Å². The van der Waals surface area contributed by atoms with Gasteiger partial charge in [-0.25, -0.2) is 9.97 Å². The van der Waals surface area contributed by atoms with Gasteiger partial charge in [0.2, 0.25) is 0 Å². The topological polar surface area (TPSA) is 43.6 Å². The van der Waals surface area contributed by atoms with Crippen LogP contribution in [0.25, 0.3) is 22.9 Å². The van der Waals surface area contributed by atoms with E-state index in [1.54, 1.807) is 10.9 Å². The zero-order valence-electron chi connectivity index (χ0n) is 8.92. The number of rotatable bonds is 2. The molecule has 0 atom stereocenters. The first-order valence-electron chi connectivity index (χ1n) is 5.19. The smallest absolute Gasteiger partial charge is 0.200 e. The maximum absolute atomic E-state index is 5.70. The largest absolute Gasteiger partial charge is 0.256 e. The average Bonchev–Trinajstić information content (AvgIpc) is 2.82. The SMILES string of the molecule is ClCn1ccc2nc(-c3ccccc3)nc-2n1. The summed E-state index contributed by atoms with van der Waals surface area (Å²) in [4.78, 5) is 8.82. The molecule has 0 fully saturated rings. The lowest BCUT2D eigenvalue weighted by Crippen LogP contribution is -2.01. The number of aromatic nitrogens is 4. The van der Waals surface area contributed by atoms with E-state index in [0.717, 1.165) is 11.3 Å². The van der Waals surface area contributed by atoms with Crippen LogP contribution in [0.1, 0.15) is 0 Å². The summed E-state index contributed by atoms with van der Waals surface area (Å²) >= 11 is 5.70. The van der Waals surface area contributed by atoms with Crippen LogP contribution in [-0.4, -0.2) is 19.7 Å². The van der Waals surface area contributed by atoms with Crippen LogP contribution in [0.4, 0.5) is 0 Å². The maximum Gasteiger partial charge on any atom is 0.200 e. The van der Waals surface area contributed by atoms with Crippen molar-refractivity contribution in [2.24, 2.45) is 0 Å². The highest BCUT2D eigenvalue weighted by atomic mass is 35.5. The van der Waals surface area contributed by atoms with E-state index >= 15 is 0 Å². The fourth-order valence-electron chi connectivity index (χ4n) is 1.63. The van der Waals surface area contributed by atoms with Gasteiger partial charge in [0.05, 0.1) is 0 Å². The predicted octanol–water partition coefficient (Wildman–Crippen LogP) is 2.64. The number of hydrogen-bond acceptors (Lipinski definition) is 3. The Morgan fingerprint density at radius 3 is 2.59 bits per heavy atom. The molecule has 0 N–H and O–H groups in total. The lowest BCUT2D eigenvalue weighted by molar-refractivity contribution is 0.714. The third-order valence-electron chi connectivity index (χ3n) is 2.45. The number of halogens is 1. The highest BCUT2D eigenvalue weighted by molar-refractivity contribution is 6.15. The van der Waals surface area contributed by atoms with Crippen molar-refractivity contribution in [1.29, 1.82) is 0 Å². The molecule has 0 saturated carbocycles. The number of fused-ring (bicyclic) bond motifs is 1. The number of benzene rings is 1. The summed E-state index contributed by atoms with van der Waals surface area (Å²) in [6.07, 6.45) is 1.79. The standard InChI is InChI=1S/C12H9ClN4/c13-8-17-7-6-10-12(16-17)15-11(14-10)9-4-2-1-3-5-9/h1-7H,8H2. The van der Waals surface area contributed by atoms with E-state index in [1.165, 1.54) is 0 Å². The molecular weight excluding hydrogens is 236 g/mol. The van der Waals surface area contributed by atoms with Crippen molar-refractivity contribution in [2.75, 3.05) is 0 Å². The minimum Gasteiger partial charge on any atom is -0.256 e. The highest BCUT2D eigenvalue weighted by Crippen LogP contribution is 2.22. The van der Waals surface area contributed by atoms with Crippen molar-refractivity contribution in [1.82, 2.24) is 19.7 Å². The molecular formula is C12H9ClN4. The molecule has 1 aromatic rings. The molecule has 5 heteroatoms. The first kappa shape index (κ1) is 10.2. The van der Waals surface area contributed by atoms with Gasteiger partial charge >= 0.3 is 0 Å². The molecule has 17 heavy (non-hydrogen) atoms. The summed E-state index contributed by atoms with van der Waals surface area (Å²) in [6, 6.07) is 12.0. The zero-order chi connectivity index (χ0) is 11.7. The van der Waals surface area contributed by atoms with Crippen LogP contribution in [0.2, 0.25) is 0 Å². The van der Waals surface area contributed by atoms with Crippen molar-refractivity contribution >= 4 is 11.6 Å². The van der Waals surface area contributed by atoms with E-state index in [2.05, 4.69) is 15.1 Å². The molecule has 0 aliphatic carbocycles. The van der Waals surface area contributed by atoms with Gasteiger partial charge in [0.1, 0.15) is 11.7 Å². The summed E-state index contributed by atoms with van der Waals surface area (Å²) < 4.78 is 1.62. The molecule has 2 aliphatic heterocycles. The summed E-state index contributed by atoms with van der Waals surface area (Å²) in [5, 5.41) is 4.25. The number of imidazole rings is 1. The van der Waals surface area contributed by atoms with Crippen molar-refractivity contribution in [2.45, 2.75) is 6.00 Å². The van der Waals surface area contributed by atoms with Gasteiger partial charge in [-0.05, 0) is 6.07 Å². The van der Waals surface area contributed by atoms with Gasteiger partial charge < -0.3 is 0 Å². The average molecular weight is 245 g/mol. The summed E-state index contributed by atoms with van der Waals surface area (Å²) in [6.45, 7) is 0. The van der Waals surface area contributed by atoms with E-state index in [0.29, 0.717) is 17.7 Å². The lowest BCUT2D eigenvalue weighted by Gasteiger charge is -1.99. The Hall–Kier alpha value is -1.94. The van der Waals surface area contributed by atoms with Gasteiger partial charge in [-0.3, -0.25) is 4.68 Å². The summed E-state index contributed by atoms with van der Waals surface area (Å²) in [5.74, 6) is 1.31. The van der Waals surface area contributed by atoms with Crippen LogP contribution in [0.3, 0.4) is 0 Å². The van der Waals surface area contributed by atoms with E-state index in [4.69, 9.17) is 11.6 Å². The van der Waals surface area contributed by atoms with Gasteiger partial charge in [-0.1, -0.05) is 30.3 Å². The van der Waals surface area contributed by atoms with Gasteiger partial charge in [0, 0.05) is 11.8 Å².